The first kappa shape index (κ1) is 13.3. The lowest BCUT2D eigenvalue weighted by Crippen LogP contribution is -2.38. The molecule has 0 heterocycles. The van der Waals surface area contributed by atoms with Gasteiger partial charge in [0.1, 0.15) is 0 Å². The largest absolute Gasteiger partial charge is 0.392 e. The summed E-state index contributed by atoms with van der Waals surface area (Å²) in [6.45, 7) is 5.03. The van der Waals surface area contributed by atoms with Crippen molar-refractivity contribution in [1.29, 1.82) is 0 Å². The molecule has 2 nitrogen and oxygen atoms in total. The summed E-state index contributed by atoms with van der Waals surface area (Å²) in [5.74, 6) is 1.16. The highest BCUT2D eigenvalue weighted by Gasteiger charge is 2.14. The predicted octanol–water partition coefficient (Wildman–Crippen LogP) is 1.83. The zero-order valence-corrected chi connectivity index (χ0v) is 10.1. The van der Waals surface area contributed by atoms with Crippen molar-refractivity contribution in [3.63, 3.8) is 0 Å². The summed E-state index contributed by atoms with van der Waals surface area (Å²) >= 11 is 1.87. The molecule has 0 saturated heterocycles. The Bertz CT molecular complexity index is 121. The fourth-order valence-electron chi connectivity index (χ4n) is 1.36. The molecule has 0 aromatic carbocycles. The van der Waals surface area contributed by atoms with Crippen LogP contribution in [-0.2, 0) is 0 Å². The van der Waals surface area contributed by atoms with Crippen LogP contribution in [0.3, 0.4) is 0 Å². The van der Waals surface area contributed by atoms with Gasteiger partial charge in [-0.3, -0.25) is 0 Å². The normalized spacial score (nSPS) is 16.2. The summed E-state index contributed by atoms with van der Waals surface area (Å²) in [4.78, 5) is 2.27. The van der Waals surface area contributed by atoms with Crippen molar-refractivity contribution in [2.24, 2.45) is 0 Å². The minimum Gasteiger partial charge on any atom is -0.392 e. The standard InChI is InChI=1S/C10H23NOS/c1-5-9(8-13-4)11(3)7-10(12)6-2/h9-10,12H,5-8H2,1-4H3. The second-order valence-electron chi connectivity index (χ2n) is 3.52. The third kappa shape index (κ3) is 5.55. The second kappa shape index (κ2) is 7.65. The monoisotopic (exact) mass is 205 g/mol. The van der Waals surface area contributed by atoms with Crippen LogP contribution in [0.2, 0.25) is 0 Å². The highest BCUT2D eigenvalue weighted by molar-refractivity contribution is 7.98. The molecule has 1 N–H and O–H groups in total. The van der Waals surface area contributed by atoms with Crippen LogP contribution in [0.5, 0.6) is 0 Å². The molecule has 0 spiro atoms. The second-order valence-corrected chi connectivity index (χ2v) is 4.43. The molecule has 0 rings (SSSR count). The number of rotatable bonds is 7. The highest BCUT2D eigenvalue weighted by Crippen LogP contribution is 2.09. The average molecular weight is 205 g/mol. The van der Waals surface area contributed by atoms with Crippen molar-refractivity contribution >= 4 is 11.8 Å². The van der Waals surface area contributed by atoms with E-state index >= 15 is 0 Å². The Labute approximate surface area is 86.7 Å². The zero-order chi connectivity index (χ0) is 10.3. The Kier molecular flexibility index (Phi) is 7.81. The van der Waals surface area contributed by atoms with E-state index in [0.29, 0.717) is 6.04 Å². The molecular weight excluding hydrogens is 182 g/mol. The maximum atomic E-state index is 9.49. The number of hydrogen-bond acceptors (Lipinski definition) is 3. The van der Waals surface area contributed by atoms with E-state index in [9.17, 15) is 5.11 Å². The van der Waals surface area contributed by atoms with Crippen LogP contribution in [0.1, 0.15) is 26.7 Å². The molecule has 13 heavy (non-hydrogen) atoms. The van der Waals surface area contributed by atoms with Gasteiger partial charge in [0.25, 0.3) is 0 Å². The van der Waals surface area contributed by atoms with Crippen LogP contribution < -0.4 is 0 Å². The first-order valence-electron chi connectivity index (χ1n) is 5.02. The number of likely N-dealkylation sites (N-methyl/N-ethyl adjacent to an activating group) is 1. The molecule has 0 bridgehead atoms. The third-order valence-electron chi connectivity index (χ3n) is 2.42. The Morgan fingerprint density at radius 3 is 2.31 bits per heavy atom. The molecule has 80 valence electrons. The molecule has 0 aliphatic heterocycles. The third-order valence-corrected chi connectivity index (χ3v) is 3.14. The van der Waals surface area contributed by atoms with E-state index in [1.807, 2.05) is 18.7 Å². The number of aliphatic hydroxyl groups excluding tert-OH is 1. The Balaban J connectivity index is 3.82. The SMILES string of the molecule is CCC(O)CN(C)C(CC)CSC. The fraction of sp³-hybridized carbons (Fsp3) is 1.00. The number of aliphatic hydroxyl groups is 1. The van der Waals surface area contributed by atoms with E-state index in [0.717, 1.165) is 25.1 Å². The van der Waals surface area contributed by atoms with Crippen molar-refractivity contribution in [1.82, 2.24) is 4.90 Å². The number of hydrogen-bond donors (Lipinski definition) is 1. The topological polar surface area (TPSA) is 23.5 Å². The summed E-state index contributed by atoms with van der Waals surface area (Å²) in [6.07, 6.45) is 3.97. The van der Waals surface area contributed by atoms with Gasteiger partial charge in [0.05, 0.1) is 6.10 Å². The van der Waals surface area contributed by atoms with E-state index in [-0.39, 0.29) is 6.10 Å². The van der Waals surface area contributed by atoms with Crippen molar-refractivity contribution in [3.05, 3.63) is 0 Å². The first-order valence-corrected chi connectivity index (χ1v) is 6.42. The summed E-state index contributed by atoms with van der Waals surface area (Å²) in [5, 5.41) is 9.49. The predicted molar refractivity (Wildman–Crippen MR) is 61.4 cm³/mol. The van der Waals surface area contributed by atoms with Crippen LogP contribution in [0.15, 0.2) is 0 Å². The summed E-state index contributed by atoms with van der Waals surface area (Å²) in [6, 6.07) is 0.608. The Morgan fingerprint density at radius 1 is 1.31 bits per heavy atom. The van der Waals surface area contributed by atoms with Gasteiger partial charge in [-0.15, -0.1) is 0 Å². The first-order chi connectivity index (χ1) is 6.15. The van der Waals surface area contributed by atoms with E-state index in [1.165, 1.54) is 0 Å². The van der Waals surface area contributed by atoms with Crippen molar-refractivity contribution in [3.8, 4) is 0 Å². The van der Waals surface area contributed by atoms with Gasteiger partial charge in [-0.1, -0.05) is 13.8 Å². The number of thioether (sulfide) groups is 1. The van der Waals surface area contributed by atoms with Gasteiger partial charge in [-0.05, 0) is 26.1 Å². The van der Waals surface area contributed by atoms with Crippen LogP contribution >= 0.6 is 11.8 Å². The molecule has 2 atom stereocenters. The van der Waals surface area contributed by atoms with Crippen LogP contribution in [0.25, 0.3) is 0 Å². The minimum absolute atomic E-state index is 0.166. The zero-order valence-electron chi connectivity index (χ0n) is 9.29. The van der Waals surface area contributed by atoms with Crippen LogP contribution in [-0.4, -0.2) is 47.8 Å². The van der Waals surface area contributed by atoms with Gasteiger partial charge in [0.2, 0.25) is 0 Å². The molecule has 0 amide bonds. The van der Waals surface area contributed by atoms with Crippen LogP contribution in [0, 0.1) is 0 Å². The molecule has 0 radical (unpaired) electrons. The van der Waals surface area contributed by atoms with Gasteiger partial charge in [0.15, 0.2) is 0 Å². The Hall–Kier alpha value is 0.270. The van der Waals surface area contributed by atoms with Gasteiger partial charge in [0, 0.05) is 18.3 Å². The molecule has 0 aromatic heterocycles. The van der Waals surface area contributed by atoms with Gasteiger partial charge >= 0.3 is 0 Å². The van der Waals surface area contributed by atoms with Gasteiger partial charge in [-0.2, -0.15) is 11.8 Å². The van der Waals surface area contributed by atoms with Crippen LogP contribution in [0.4, 0.5) is 0 Å². The lowest BCUT2D eigenvalue weighted by atomic mass is 10.2. The minimum atomic E-state index is -0.166. The maximum absolute atomic E-state index is 9.49. The fourth-order valence-corrected chi connectivity index (χ4v) is 2.23. The van der Waals surface area contributed by atoms with Crippen molar-refractivity contribution in [2.45, 2.75) is 38.8 Å². The lowest BCUT2D eigenvalue weighted by Gasteiger charge is -2.28. The van der Waals surface area contributed by atoms with Gasteiger partial charge in [-0.25, -0.2) is 0 Å². The molecule has 2 unspecified atom stereocenters. The molecular formula is C10H23NOS. The number of nitrogens with zero attached hydrogens (tertiary/aromatic N) is 1. The Morgan fingerprint density at radius 2 is 1.92 bits per heavy atom. The summed E-state index contributed by atoms with van der Waals surface area (Å²) in [5.41, 5.74) is 0. The molecule has 0 aromatic rings. The van der Waals surface area contributed by atoms with E-state index < -0.39 is 0 Å². The van der Waals surface area contributed by atoms with Crippen molar-refractivity contribution < 1.29 is 5.11 Å². The van der Waals surface area contributed by atoms with E-state index in [1.54, 1.807) is 0 Å². The average Bonchev–Trinajstić information content (AvgIpc) is 2.13. The molecule has 3 heteroatoms. The van der Waals surface area contributed by atoms with E-state index in [4.69, 9.17) is 0 Å². The lowest BCUT2D eigenvalue weighted by molar-refractivity contribution is 0.105. The smallest absolute Gasteiger partial charge is 0.0664 e. The highest BCUT2D eigenvalue weighted by atomic mass is 32.2. The molecule has 0 saturated carbocycles. The van der Waals surface area contributed by atoms with Gasteiger partial charge < -0.3 is 10.0 Å². The molecule has 0 aliphatic carbocycles. The van der Waals surface area contributed by atoms with Crippen molar-refractivity contribution in [2.75, 3.05) is 25.6 Å². The summed E-state index contributed by atoms with van der Waals surface area (Å²) in [7, 11) is 2.10. The summed E-state index contributed by atoms with van der Waals surface area (Å²) < 4.78 is 0. The molecule has 0 fully saturated rings. The quantitative estimate of drug-likeness (QED) is 0.686. The molecule has 0 aliphatic rings. The van der Waals surface area contributed by atoms with E-state index in [2.05, 4.69) is 25.1 Å². The maximum Gasteiger partial charge on any atom is 0.0664 e.